The molecule has 0 radical (unpaired) electrons. The number of hydrogen-bond donors (Lipinski definition) is 3. The molecule has 0 spiro atoms. The van der Waals surface area contributed by atoms with Gasteiger partial charge in [0.15, 0.2) is 0 Å². The second-order valence-electron chi connectivity index (χ2n) is 10.6. The Morgan fingerprint density at radius 2 is 2.03 bits per heavy atom. The van der Waals surface area contributed by atoms with Gasteiger partial charge in [0, 0.05) is 32.3 Å². The maximum absolute atomic E-state index is 14.3. The van der Waals surface area contributed by atoms with Crippen molar-refractivity contribution < 1.29 is 13.9 Å². The number of methoxy groups -OCH3 is 1. The first-order valence-corrected chi connectivity index (χ1v) is 13.8. The lowest BCUT2D eigenvalue weighted by Crippen LogP contribution is -2.39. The van der Waals surface area contributed by atoms with E-state index in [4.69, 9.17) is 9.84 Å². The molecule has 1 saturated heterocycles. The van der Waals surface area contributed by atoms with Gasteiger partial charge in [-0.05, 0) is 86.2 Å². The molecule has 8 heteroatoms. The van der Waals surface area contributed by atoms with Gasteiger partial charge in [-0.15, -0.1) is 0 Å². The zero-order valence-electron chi connectivity index (χ0n) is 23.0. The van der Waals surface area contributed by atoms with Crippen LogP contribution in [0.1, 0.15) is 53.4 Å². The summed E-state index contributed by atoms with van der Waals surface area (Å²) >= 11 is 0. The minimum atomic E-state index is -0.264. The molecule has 2 aliphatic heterocycles. The van der Waals surface area contributed by atoms with Gasteiger partial charge in [-0.3, -0.25) is 4.79 Å². The Bertz CT molecular complexity index is 1320. The molecule has 0 saturated carbocycles. The summed E-state index contributed by atoms with van der Waals surface area (Å²) in [6, 6.07) is 14.9. The second kappa shape index (κ2) is 12.2. The Balaban J connectivity index is 1.41. The quantitative estimate of drug-likeness (QED) is 0.386. The first-order chi connectivity index (χ1) is 18.9. The van der Waals surface area contributed by atoms with Crippen molar-refractivity contribution in [3.05, 3.63) is 88.5 Å². The normalized spacial score (nSPS) is 21.1. The smallest absolute Gasteiger partial charge is 0.226 e. The highest BCUT2D eigenvalue weighted by Crippen LogP contribution is 2.31. The van der Waals surface area contributed by atoms with E-state index in [2.05, 4.69) is 29.0 Å². The number of nitrogens with zero attached hydrogens (tertiary/aromatic N) is 2. The van der Waals surface area contributed by atoms with E-state index in [9.17, 15) is 9.18 Å². The van der Waals surface area contributed by atoms with Crippen LogP contribution in [0.5, 0.6) is 0 Å². The highest BCUT2D eigenvalue weighted by molar-refractivity contribution is 5.80. The molecule has 206 valence electrons. The average Bonchev–Trinajstić information content (AvgIpc) is 3.48. The van der Waals surface area contributed by atoms with Crippen LogP contribution in [0.3, 0.4) is 0 Å². The Kier molecular flexibility index (Phi) is 8.55. The van der Waals surface area contributed by atoms with Crippen LogP contribution in [0.2, 0.25) is 0 Å². The SMILES string of the molecule is COCC[C@@H]1C[C@@H](NC(=O)Cc2c(C)c(C3=CCNCC3)nn2-c2ccccc2)[C@H](c2cc(C)cc(F)c2)N1. The van der Waals surface area contributed by atoms with E-state index in [0.717, 1.165) is 66.1 Å². The van der Waals surface area contributed by atoms with Crippen LogP contribution in [-0.2, 0) is 16.0 Å². The van der Waals surface area contributed by atoms with E-state index >= 15 is 0 Å². The van der Waals surface area contributed by atoms with Crippen LogP contribution in [0.15, 0.2) is 54.6 Å². The molecule has 0 bridgehead atoms. The molecular weight excluding hydrogens is 493 g/mol. The molecule has 0 aliphatic carbocycles. The van der Waals surface area contributed by atoms with Crippen molar-refractivity contribution in [1.82, 2.24) is 25.7 Å². The lowest BCUT2D eigenvalue weighted by atomic mass is 9.97. The topological polar surface area (TPSA) is 80.2 Å². The highest BCUT2D eigenvalue weighted by Gasteiger charge is 2.36. The number of halogens is 1. The van der Waals surface area contributed by atoms with Crippen LogP contribution in [-0.4, -0.2) is 54.6 Å². The number of hydrogen-bond acceptors (Lipinski definition) is 5. The molecule has 1 fully saturated rings. The maximum atomic E-state index is 14.3. The summed E-state index contributed by atoms with van der Waals surface area (Å²) < 4.78 is 21.5. The number of carbonyl (C=O) groups excluding carboxylic acids is 1. The van der Waals surface area contributed by atoms with Crippen molar-refractivity contribution in [2.75, 3.05) is 26.8 Å². The summed E-state index contributed by atoms with van der Waals surface area (Å²) in [5.41, 5.74) is 6.72. The number of aryl methyl sites for hydroxylation is 1. The van der Waals surface area contributed by atoms with Gasteiger partial charge in [0.05, 0.1) is 29.5 Å². The first-order valence-electron chi connectivity index (χ1n) is 13.8. The van der Waals surface area contributed by atoms with Crippen LogP contribution >= 0.6 is 0 Å². The molecule has 3 N–H and O–H groups in total. The average molecular weight is 532 g/mol. The van der Waals surface area contributed by atoms with Crippen LogP contribution < -0.4 is 16.0 Å². The Morgan fingerprint density at radius 1 is 1.21 bits per heavy atom. The van der Waals surface area contributed by atoms with Crippen LogP contribution in [0, 0.1) is 19.7 Å². The van der Waals surface area contributed by atoms with Gasteiger partial charge in [-0.1, -0.05) is 30.3 Å². The number of nitrogens with one attached hydrogen (secondary N) is 3. The molecule has 3 atom stereocenters. The van der Waals surface area contributed by atoms with Gasteiger partial charge in [0.1, 0.15) is 5.82 Å². The second-order valence-corrected chi connectivity index (χ2v) is 10.6. The summed E-state index contributed by atoms with van der Waals surface area (Å²) in [6.07, 6.45) is 4.86. The van der Waals surface area contributed by atoms with Gasteiger partial charge < -0.3 is 20.7 Å². The fourth-order valence-corrected chi connectivity index (χ4v) is 5.83. The van der Waals surface area contributed by atoms with Crippen molar-refractivity contribution in [1.29, 1.82) is 0 Å². The lowest BCUT2D eigenvalue weighted by Gasteiger charge is -2.22. The van der Waals surface area contributed by atoms with Crippen molar-refractivity contribution in [3.8, 4) is 5.69 Å². The van der Waals surface area contributed by atoms with Crippen molar-refractivity contribution in [2.45, 2.75) is 57.7 Å². The van der Waals surface area contributed by atoms with Gasteiger partial charge in [-0.25, -0.2) is 9.07 Å². The molecule has 3 heterocycles. The molecule has 1 amide bonds. The van der Waals surface area contributed by atoms with E-state index in [-0.39, 0.29) is 36.3 Å². The molecule has 5 rings (SSSR count). The molecule has 7 nitrogen and oxygen atoms in total. The Morgan fingerprint density at radius 3 is 2.74 bits per heavy atom. The van der Waals surface area contributed by atoms with E-state index < -0.39 is 0 Å². The van der Waals surface area contributed by atoms with Crippen LogP contribution in [0.25, 0.3) is 11.3 Å². The van der Waals surface area contributed by atoms with Crippen molar-refractivity contribution in [3.63, 3.8) is 0 Å². The third-order valence-electron chi connectivity index (χ3n) is 7.74. The van der Waals surface area contributed by atoms with Gasteiger partial charge in [0.2, 0.25) is 5.91 Å². The summed E-state index contributed by atoms with van der Waals surface area (Å²) in [6.45, 7) is 6.31. The summed E-state index contributed by atoms with van der Waals surface area (Å²) in [4.78, 5) is 13.6. The highest BCUT2D eigenvalue weighted by atomic mass is 19.1. The molecule has 39 heavy (non-hydrogen) atoms. The number of amides is 1. The summed E-state index contributed by atoms with van der Waals surface area (Å²) in [7, 11) is 1.69. The van der Waals surface area contributed by atoms with Gasteiger partial charge in [-0.2, -0.15) is 5.10 Å². The van der Waals surface area contributed by atoms with Gasteiger partial charge in [0.25, 0.3) is 0 Å². The number of para-hydroxylation sites is 1. The minimum absolute atomic E-state index is 0.0710. The van der Waals surface area contributed by atoms with Crippen molar-refractivity contribution in [2.24, 2.45) is 0 Å². The molecule has 2 aliphatic rings. The molecular formula is C31H38FN5O2. The molecule has 2 aromatic carbocycles. The first kappa shape index (κ1) is 27.2. The number of benzene rings is 2. The van der Waals surface area contributed by atoms with E-state index in [0.29, 0.717) is 6.61 Å². The summed E-state index contributed by atoms with van der Waals surface area (Å²) in [5, 5.41) is 15.3. The Labute approximate surface area is 229 Å². The number of rotatable bonds is 9. The standard InChI is InChI=1S/C31H38FN5O2/c1-20-15-23(17-24(32)16-20)31-27(18-25(34-31)11-14-39-3)35-29(38)19-28-21(2)30(22-9-12-33-13-10-22)36-37(28)26-7-5-4-6-8-26/h4-9,15-17,25,27,31,33-34H,10-14,18-19H2,1-3H3,(H,35,38)/t25-,27-,31+/m1/s1. The zero-order valence-corrected chi connectivity index (χ0v) is 23.0. The maximum Gasteiger partial charge on any atom is 0.226 e. The predicted octanol–water partition coefficient (Wildman–Crippen LogP) is 4.17. The van der Waals surface area contributed by atoms with E-state index in [1.807, 2.05) is 48.0 Å². The fraction of sp³-hybridized carbons (Fsp3) is 0.419. The summed E-state index contributed by atoms with van der Waals surface area (Å²) in [5.74, 6) is -0.335. The van der Waals surface area contributed by atoms with E-state index in [1.54, 1.807) is 13.2 Å². The van der Waals surface area contributed by atoms with Crippen molar-refractivity contribution >= 4 is 11.5 Å². The lowest BCUT2D eigenvalue weighted by molar-refractivity contribution is -0.121. The van der Waals surface area contributed by atoms with Crippen LogP contribution in [0.4, 0.5) is 4.39 Å². The zero-order chi connectivity index (χ0) is 27.4. The number of carbonyl (C=O) groups is 1. The van der Waals surface area contributed by atoms with E-state index in [1.165, 1.54) is 11.6 Å². The molecule has 0 unspecified atom stereocenters. The fourth-order valence-electron chi connectivity index (χ4n) is 5.83. The third kappa shape index (κ3) is 6.30. The Hall–Kier alpha value is -3.33. The minimum Gasteiger partial charge on any atom is -0.385 e. The molecule has 1 aromatic heterocycles. The van der Waals surface area contributed by atoms with Gasteiger partial charge >= 0.3 is 0 Å². The largest absolute Gasteiger partial charge is 0.385 e. The molecule has 3 aromatic rings. The third-order valence-corrected chi connectivity index (χ3v) is 7.74. The number of aromatic nitrogens is 2. The monoisotopic (exact) mass is 531 g/mol. The predicted molar refractivity (Wildman–Crippen MR) is 151 cm³/mol. The number of ether oxygens (including phenoxy) is 1.